The normalized spacial score (nSPS) is 17.6. The molecule has 1 amide bonds. The smallest absolute Gasteiger partial charge is 0.255 e. The number of nitrogens with zero attached hydrogens (tertiary/aromatic N) is 2. The van der Waals surface area contributed by atoms with E-state index in [0.717, 1.165) is 58.3 Å². The van der Waals surface area contributed by atoms with Gasteiger partial charge in [0.1, 0.15) is 5.75 Å². The van der Waals surface area contributed by atoms with Crippen LogP contribution in [0.4, 0.5) is 0 Å². The average molecular weight is 415 g/mol. The van der Waals surface area contributed by atoms with Crippen molar-refractivity contribution in [2.75, 3.05) is 33.4 Å². The molecule has 1 aliphatic heterocycles. The largest absolute Gasteiger partial charge is 0.497 e. The number of allylic oxidation sites excluding steroid dienone is 1. The number of morpholine rings is 1. The number of ether oxygens (including phenoxy) is 2. The lowest BCUT2D eigenvalue weighted by molar-refractivity contribution is 0.0303. The second kappa shape index (κ2) is 8.52. The molecule has 158 valence electrons. The molecule has 2 aromatic carbocycles. The number of rotatable bonds is 3. The van der Waals surface area contributed by atoms with Gasteiger partial charge in [0.2, 0.25) is 0 Å². The van der Waals surface area contributed by atoms with Crippen molar-refractivity contribution in [3.63, 3.8) is 0 Å². The maximum atomic E-state index is 13.6. The van der Waals surface area contributed by atoms with E-state index < -0.39 is 0 Å². The summed E-state index contributed by atoms with van der Waals surface area (Å²) in [4.78, 5) is 20.6. The lowest BCUT2D eigenvalue weighted by atomic mass is 9.85. The van der Waals surface area contributed by atoms with Gasteiger partial charge in [0, 0.05) is 18.5 Å². The molecule has 1 aliphatic carbocycles. The molecule has 1 fully saturated rings. The molecule has 2 aliphatic rings. The molecule has 0 radical (unpaired) electrons. The second-order valence-electron chi connectivity index (χ2n) is 8.03. The van der Waals surface area contributed by atoms with Crippen molar-refractivity contribution in [3.05, 3.63) is 70.9 Å². The van der Waals surface area contributed by atoms with Crippen LogP contribution in [0.25, 0.3) is 22.6 Å². The van der Waals surface area contributed by atoms with Gasteiger partial charge in [-0.05, 0) is 60.2 Å². The second-order valence-corrected chi connectivity index (χ2v) is 8.03. The van der Waals surface area contributed by atoms with Crippen LogP contribution in [0.5, 0.6) is 5.75 Å². The van der Waals surface area contributed by atoms with Crippen LogP contribution in [0.15, 0.2) is 48.5 Å². The number of fused-ring (bicyclic) bond motifs is 2. The third kappa shape index (κ3) is 3.81. The van der Waals surface area contributed by atoms with E-state index in [1.165, 1.54) is 5.57 Å². The van der Waals surface area contributed by atoms with Gasteiger partial charge in [-0.15, -0.1) is 0 Å². The van der Waals surface area contributed by atoms with E-state index in [-0.39, 0.29) is 5.91 Å². The van der Waals surface area contributed by atoms with E-state index in [9.17, 15) is 4.79 Å². The summed E-state index contributed by atoms with van der Waals surface area (Å²) in [6, 6.07) is 16.1. The van der Waals surface area contributed by atoms with E-state index in [0.29, 0.717) is 26.3 Å². The highest BCUT2D eigenvalue weighted by Crippen LogP contribution is 2.36. The Morgan fingerprint density at radius 2 is 1.84 bits per heavy atom. The molecule has 0 atom stereocenters. The average Bonchev–Trinajstić information content (AvgIpc) is 2.83. The summed E-state index contributed by atoms with van der Waals surface area (Å²) in [5, 5.41) is 0.948. The predicted octanol–water partition coefficient (Wildman–Crippen LogP) is 4.59. The Kier molecular flexibility index (Phi) is 5.43. The van der Waals surface area contributed by atoms with Gasteiger partial charge in [0.25, 0.3) is 5.91 Å². The van der Waals surface area contributed by atoms with Crippen molar-refractivity contribution in [3.8, 4) is 5.75 Å². The van der Waals surface area contributed by atoms with E-state index in [1.807, 2.05) is 41.3 Å². The van der Waals surface area contributed by atoms with E-state index >= 15 is 0 Å². The number of benzene rings is 2. The zero-order valence-electron chi connectivity index (χ0n) is 17.8. The Bertz CT molecular complexity index is 1150. The highest BCUT2D eigenvalue weighted by atomic mass is 16.5. The highest BCUT2D eigenvalue weighted by molar-refractivity contribution is 6.09. The Morgan fingerprint density at radius 3 is 2.61 bits per heavy atom. The summed E-state index contributed by atoms with van der Waals surface area (Å²) in [5.74, 6) is 0.942. The van der Waals surface area contributed by atoms with Crippen LogP contribution in [-0.2, 0) is 11.2 Å². The molecule has 0 unspecified atom stereocenters. The van der Waals surface area contributed by atoms with Gasteiger partial charge in [-0.1, -0.05) is 30.3 Å². The molecule has 1 saturated heterocycles. The van der Waals surface area contributed by atoms with Crippen LogP contribution >= 0.6 is 0 Å². The Morgan fingerprint density at radius 1 is 1.06 bits per heavy atom. The number of para-hydroxylation sites is 1. The zero-order chi connectivity index (χ0) is 21.2. The van der Waals surface area contributed by atoms with Crippen LogP contribution < -0.4 is 4.74 Å². The SMILES string of the molecule is COc1ccc(C=C2CCCc3c2nc2ccccc2c3C(=O)N2CCOCC2)cc1. The molecule has 1 aromatic heterocycles. The Balaban J connectivity index is 1.64. The third-order valence-electron chi connectivity index (χ3n) is 6.14. The number of hydrogen-bond acceptors (Lipinski definition) is 4. The van der Waals surface area contributed by atoms with Gasteiger partial charge in [0.05, 0.1) is 37.1 Å². The highest BCUT2D eigenvalue weighted by Gasteiger charge is 2.28. The quantitative estimate of drug-likeness (QED) is 0.629. The number of methoxy groups -OCH3 is 1. The molecule has 31 heavy (non-hydrogen) atoms. The molecule has 0 spiro atoms. The number of carbonyl (C=O) groups is 1. The lowest BCUT2D eigenvalue weighted by Crippen LogP contribution is -2.41. The van der Waals surface area contributed by atoms with Crippen molar-refractivity contribution < 1.29 is 14.3 Å². The summed E-state index contributed by atoms with van der Waals surface area (Å²) < 4.78 is 10.7. The minimum Gasteiger partial charge on any atom is -0.497 e. The van der Waals surface area contributed by atoms with Crippen LogP contribution in [0, 0.1) is 0 Å². The standard InChI is InChI=1S/C26H26N2O3/c1-30-20-11-9-18(10-12-20)17-19-5-4-7-22-24(26(29)28-13-15-31-16-14-28)21-6-2-3-8-23(21)27-25(19)22/h2-3,6,8-12,17H,4-5,7,13-16H2,1H3. The molecule has 5 rings (SSSR count). The van der Waals surface area contributed by atoms with Gasteiger partial charge in [-0.3, -0.25) is 4.79 Å². The molecule has 0 saturated carbocycles. The molecule has 0 bridgehead atoms. The first-order valence-electron chi connectivity index (χ1n) is 10.9. The molecule has 0 N–H and O–H groups in total. The molecule has 3 aromatic rings. The number of amides is 1. The van der Waals surface area contributed by atoms with Crippen LogP contribution in [-0.4, -0.2) is 49.2 Å². The summed E-state index contributed by atoms with van der Waals surface area (Å²) in [6.07, 6.45) is 5.04. The number of pyridine rings is 1. The summed E-state index contributed by atoms with van der Waals surface area (Å²) in [6.45, 7) is 2.47. The first kappa shape index (κ1) is 19.8. The minimum absolute atomic E-state index is 0.101. The predicted molar refractivity (Wildman–Crippen MR) is 122 cm³/mol. The Hall–Kier alpha value is -3.18. The van der Waals surface area contributed by atoms with Gasteiger partial charge >= 0.3 is 0 Å². The summed E-state index contributed by atoms with van der Waals surface area (Å²) in [7, 11) is 1.67. The fourth-order valence-corrected chi connectivity index (χ4v) is 4.55. The molecule has 2 heterocycles. The molecule has 5 nitrogen and oxygen atoms in total. The summed E-state index contributed by atoms with van der Waals surface area (Å²) >= 11 is 0. The van der Waals surface area contributed by atoms with E-state index in [1.54, 1.807) is 7.11 Å². The fourth-order valence-electron chi connectivity index (χ4n) is 4.55. The van der Waals surface area contributed by atoms with Crippen molar-refractivity contribution >= 4 is 28.5 Å². The fraction of sp³-hybridized carbons (Fsp3) is 0.308. The van der Waals surface area contributed by atoms with Crippen LogP contribution in [0.2, 0.25) is 0 Å². The number of carbonyl (C=O) groups excluding carboxylic acids is 1. The zero-order valence-corrected chi connectivity index (χ0v) is 17.8. The van der Waals surface area contributed by atoms with Gasteiger partial charge < -0.3 is 14.4 Å². The van der Waals surface area contributed by atoms with Crippen molar-refractivity contribution in [2.24, 2.45) is 0 Å². The van der Waals surface area contributed by atoms with Crippen LogP contribution in [0.1, 0.15) is 40.0 Å². The lowest BCUT2D eigenvalue weighted by Gasteiger charge is -2.30. The maximum Gasteiger partial charge on any atom is 0.255 e. The van der Waals surface area contributed by atoms with Crippen molar-refractivity contribution in [1.82, 2.24) is 9.88 Å². The summed E-state index contributed by atoms with van der Waals surface area (Å²) in [5.41, 5.74) is 6.05. The third-order valence-corrected chi connectivity index (χ3v) is 6.14. The topological polar surface area (TPSA) is 51.7 Å². The Labute approximate surface area is 182 Å². The van der Waals surface area contributed by atoms with Crippen molar-refractivity contribution in [1.29, 1.82) is 0 Å². The number of aromatic nitrogens is 1. The maximum absolute atomic E-state index is 13.6. The van der Waals surface area contributed by atoms with Crippen molar-refractivity contribution in [2.45, 2.75) is 19.3 Å². The van der Waals surface area contributed by atoms with E-state index in [2.05, 4.69) is 18.2 Å². The van der Waals surface area contributed by atoms with Crippen LogP contribution in [0.3, 0.4) is 0 Å². The molecule has 5 heteroatoms. The molecular weight excluding hydrogens is 388 g/mol. The minimum atomic E-state index is 0.101. The van der Waals surface area contributed by atoms with Gasteiger partial charge in [-0.25, -0.2) is 4.98 Å². The first-order valence-corrected chi connectivity index (χ1v) is 10.9. The van der Waals surface area contributed by atoms with E-state index in [4.69, 9.17) is 14.5 Å². The first-order chi connectivity index (χ1) is 15.2. The number of hydrogen-bond donors (Lipinski definition) is 0. The molecular formula is C26H26N2O3. The monoisotopic (exact) mass is 414 g/mol. The van der Waals surface area contributed by atoms with Gasteiger partial charge in [-0.2, -0.15) is 0 Å². The van der Waals surface area contributed by atoms with Gasteiger partial charge in [0.15, 0.2) is 0 Å².